The Labute approximate surface area is 94.7 Å². The van der Waals surface area contributed by atoms with Crippen molar-refractivity contribution in [2.24, 2.45) is 0 Å². The van der Waals surface area contributed by atoms with Gasteiger partial charge < -0.3 is 10.2 Å². The van der Waals surface area contributed by atoms with Gasteiger partial charge in [0.15, 0.2) is 5.82 Å². The number of hydrogen-bond acceptors (Lipinski definition) is 4. The second-order valence-corrected chi connectivity index (χ2v) is 4.14. The molecule has 4 nitrogen and oxygen atoms in total. The van der Waals surface area contributed by atoms with Crippen molar-refractivity contribution < 1.29 is 0 Å². The molecule has 1 aromatic heterocycles. The molecular formula is C10H15ClN4. The van der Waals surface area contributed by atoms with E-state index in [1.165, 1.54) is 12.8 Å². The highest BCUT2D eigenvalue weighted by molar-refractivity contribution is 6.32. The molecule has 82 valence electrons. The number of halogens is 1. The van der Waals surface area contributed by atoms with Gasteiger partial charge >= 0.3 is 0 Å². The van der Waals surface area contributed by atoms with Crippen LogP contribution in [0.25, 0.3) is 0 Å². The van der Waals surface area contributed by atoms with E-state index in [-0.39, 0.29) is 0 Å². The summed E-state index contributed by atoms with van der Waals surface area (Å²) in [5.41, 5.74) is 0. The lowest BCUT2D eigenvalue weighted by molar-refractivity contribution is 0.885. The first-order chi connectivity index (χ1) is 7.22. The van der Waals surface area contributed by atoms with Crippen LogP contribution in [0.15, 0.2) is 6.20 Å². The van der Waals surface area contributed by atoms with Crippen LogP contribution in [0.1, 0.15) is 19.8 Å². The maximum atomic E-state index is 6.07. The lowest BCUT2D eigenvalue weighted by Crippen LogP contribution is -2.21. The molecule has 0 atom stereocenters. The minimum Gasteiger partial charge on any atom is -0.355 e. The standard InChI is InChI=1S/C10H15ClN4/c1-3-12-10-13-6-8(11)9(14-10)15(2)7-4-5-7/h6-7H,3-5H2,1-2H3,(H,12,13,14). The third kappa shape index (κ3) is 2.31. The van der Waals surface area contributed by atoms with E-state index in [0.717, 1.165) is 12.4 Å². The molecule has 1 saturated carbocycles. The fraction of sp³-hybridized carbons (Fsp3) is 0.600. The van der Waals surface area contributed by atoms with Gasteiger partial charge in [-0.2, -0.15) is 4.98 Å². The summed E-state index contributed by atoms with van der Waals surface area (Å²) in [4.78, 5) is 10.6. The molecule has 0 radical (unpaired) electrons. The second kappa shape index (κ2) is 4.23. The fourth-order valence-electron chi connectivity index (χ4n) is 1.48. The van der Waals surface area contributed by atoms with Gasteiger partial charge in [0, 0.05) is 19.6 Å². The third-order valence-corrected chi connectivity index (χ3v) is 2.76. The summed E-state index contributed by atoms with van der Waals surface area (Å²) >= 11 is 6.07. The monoisotopic (exact) mass is 226 g/mol. The first kappa shape index (κ1) is 10.5. The molecule has 1 aliphatic rings. The molecule has 15 heavy (non-hydrogen) atoms. The second-order valence-electron chi connectivity index (χ2n) is 3.74. The Hall–Kier alpha value is -1.03. The summed E-state index contributed by atoms with van der Waals surface area (Å²) in [6, 6.07) is 0.604. The molecule has 1 N–H and O–H groups in total. The van der Waals surface area contributed by atoms with E-state index in [1.807, 2.05) is 14.0 Å². The van der Waals surface area contributed by atoms with Crippen LogP contribution in [0.4, 0.5) is 11.8 Å². The van der Waals surface area contributed by atoms with Crippen molar-refractivity contribution >= 4 is 23.4 Å². The van der Waals surface area contributed by atoms with Gasteiger partial charge in [-0.1, -0.05) is 11.6 Å². The molecule has 1 heterocycles. The van der Waals surface area contributed by atoms with Crippen molar-refractivity contribution in [3.05, 3.63) is 11.2 Å². The van der Waals surface area contributed by atoms with E-state index in [0.29, 0.717) is 17.0 Å². The van der Waals surface area contributed by atoms with Gasteiger partial charge in [-0.25, -0.2) is 4.98 Å². The Morgan fingerprint density at radius 3 is 2.93 bits per heavy atom. The lowest BCUT2D eigenvalue weighted by Gasteiger charge is -2.18. The van der Waals surface area contributed by atoms with Crippen molar-refractivity contribution in [2.45, 2.75) is 25.8 Å². The minimum absolute atomic E-state index is 0.604. The molecule has 1 fully saturated rings. The highest BCUT2D eigenvalue weighted by Gasteiger charge is 2.28. The summed E-state index contributed by atoms with van der Waals surface area (Å²) in [6.07, 6.45) is 4.11. The Morgan fingerprint density at radius 2 is 2.33 bits per heavy atom. The smallest absolute Gasteiger partial charge is 0.224 e. The summed E-state index contributed by atoms with van der Waals surface area (Å²) in [6.45, 7) is 2.83. The third-order valence-electron chi connectivity index (χ3n) is 2.49. The Balaban J connectivity index is 2.23. The van der Waals surface area contributed by atoms with E-state index in [1.54, 1.807) is 6.20 Å². The Morgan fingerprint density at radius 1 is 1.60 bits per heavy atom. The van der Waals surface area contributed by atoms with E-state index in [9.17, 15) is 0 Å². The lowest BCUT2D eigenvalue weighted by atomic mass is 10.5. The highest BCUT2D eigenvalue weighted by Crippen LogP contribution is 2.32. The van der Waals surface area contributed by atoms with Crippen LogP contribution in [-0.4, -0.2) is 29.6 Å². The molecule has 0 bridgehead atoms. The first-order valence-electron chi connectivity index (χ1n) is 5.21. The normalized spacial score (nSPS) is 15.1. The molecule has 0 spiro atoms. The van der Waals surface area contributed by atoms with Crippen LogP contribution in [0.5, 0.6) is 0 Å². The molecule has 0 saturated heterocycles. The minimum atomic E-state index is 0.604. The van der Waals surface area contributed by atoms with Gasteiger partial charge in [0.25, 0.3) is 0 Å². The van der Waals surface area contributed by atoms with Crippen molar-refractivity contribution in [2.75, 3.05) is 23.8 Å². The summed E-state index contributed by atoms with van der Waals surface area (Å²) in [5.74, 6) is 1.47. The number of nitrogens with zero attached hydrogens (tertiary/aromatic N) is 3. The topological polar surface area (TPSA) is 41.1 Å². The molecule has 0 unspecified atom stereocenters. The number of nitrogens with one attached hydrogen (secondary N) is 1. The summed E-state index contributed by atoms with van der Waals surface area (Å²) < 4.78 is 0. The fourth-order valence-corrected chi connectivity index (χ4v) is 1.71. The highest BCUT2D eigenvalue weighted by atomic mass is 35.5. The zero-order valence-electron chi connectivity index (χ0n) is 9.00. The number of rotatable bonds is 4. The molecule has 0 amide bonds. The van der Waals surface area contributed by atoms with Crippen molar-refractivity contribution in [1.29, 1.82) is 0 Å². The van der Waals surface area contributed by atoms with Crippen molar-refractivity contribution in [3.8, 4) is 0 Å². The number of anilines is 2. The SMILES string of the molecule is CCNc1ncc(Cl)c(N(C)C2CC2)n1. The Bertz CT molecular complexity index is 351. The molecule has 0 aliphatic heterocycles. The summed E-state index contributed by atoms with van der Waals surface area (Å²) in [5, 5.41) is 3.70. The molecule has 2 rings (SSSR count). The van der Waals surface area contributed by atoms with E-state index in [2.05, 4.69) is 20.2 Å². The van der Waals surface area contributed by atoms with Crippen LogP contribution in [0.2, 0.25) is 5.02 Å². The zero-order valence-corrected chi connectivity index (χ0v) is 9.75. The van der Waals surface area contributed by atoms with Crippen LogP contribution >= 0.6 is 11.6 Å². The van der Waals surface area contributed by atoms with Crippen LogP contribution in [-0.2, 0) is 0 Å². The predicted molar refractivity (Wildman–Crippen MR) is 62.6 cm³/mol. The maximum Gasteiger partial charge on any atom is 0.224 e. The molecule has 5 heteroatoms. The predicted octanol–water partition coefficient (Wildman–Crippen LogP) is 2.16. The van der Waals surface area contributed by atoms with Crippen LogP contribution < -0.4 is 10.2 Å². The molecule has 1 aromatic rings. The quantitative estimate of drug-likeness (QED) is 0.855. The van der Waals surface area contributed by atoms with Crippen LogP contribution in [0, 0.1) is 0 Å². The van der Waals surface area contributed by atoms with E-state index < -0.39 is 0 Å². The van der Waals surface area contributed by atoms with Gasteiger partial charge in [0.05, 0.1) is 6.20 Å². The van der Waals surface area contributed by atoms with E-state index >= 15 is 0 Å². The maximum absolute atomic E-state index is 6.07. The van der Waals surface area contributed by atoms with Gasteiger partial charge in [-0.05, 0) is 19.8 Å². The van der Waals surface area contributed by atoms with Crippen molar-refractivity contribution in [1.82, 2.24) is 9.97 Å². The first-order valence-corrected chi connectivity index (χ1v) is 5.59. The largest absolute Gasteiger partial charge is 0.355 e. The zero-order chi connectivity index (χ0) is 10.8. The molecule has 0 aromatic carbocycles. The van der Waals surface area contributed by atoms with E-state index in [4.69, 9.17) is 11.6 Å². The van der Waals surface area contributed by atoms with Gasteiger partial charge in [-0.15, -0.1) is 0 Å². The van der Waals surface area contributed by atoms with Crippen LogP contribution in [0.3, 0.4) is 0 Å². The summed E-state index contributed by atoms with van der Waals surface area (Å²) in [7, 11) is 2.03. The molecular weight excluding hydrogens is 212 g/mol. The number of hydrogen-bond donors (Lipinski definition) is 1. The molecule has 1 aliphatic carbocycles. The average Bonchev–Trinajstić information content (AvgIpc) is 3.04. The average molecular weight is 227 g/mol. The van der Waals surface area contributed by atoms with Gasteiger partial charge in [0.2, 0.25) is 5.95 Å². The Kier molecular flexibility index (Phi) is 2.95. The van der Waals surface area contributed by atoms with Crippen molar-refractivity contribution in [3.63, 3.8) is 0 Å². The van der Waals surface area contributed by atoms with Gasteiger partial charge in [0.1, 0.15) is 5.02 Å². The van der Waals surface area contributed by atoms with Gasteiger partial charge in [-0.3, -0.25) is 0 Å². The number of aromatic nitrogens is 2.